The summed E-state index contributed by atoms with van der Waals surface area (Å²) in [6, 6.07) is 4.33. The van der Waals surface area contributed by atoms with Crippen molar-refractivity contribution in [3.05, 3.63) is 46.1 Å². The number of aryl methyl sites for hydroxylation is 2. The average Bonchev–Trinajstić information content (AvgIpc) is 2.37. The SMILES string of the molecule is CCc1nc(Cl)c(C)c(Oc2ccc(F)cc2C)n1. The van der Waals surface area contributed by atoms with E-state index < -0.39 is 0 Å². The van der Waals surface area contributed by atoms with Crippen molar-refractivity contribution in [1.29, 1.82) is 0 Å². The lowest BCUT2D eigenvalue weighted by atomic mass is 10.2. The lowest BCUT2D eigenvalue weighted by molar-refractivity contribution is 0.449. The summed E-state index contributed by atoms with van der Waals surface area (Å²) in [6.45, 7) is 5.50. The molecule has 100 valence electrons. The molecule has 1 heterocycles. The first-order valence-electron chi connectivity index (χ1n) is 5.98. The van der Waals surface area contributed by atoms with Crippen molar-refractivity contribution in [2.45, 2.75) is 27.2 Å². The van der Waals surface area contributed by atoms with Crippen molar-refractivity contribution in [3.63, 3.8) is 0 Å². The zero-order chi connectivity index (χ0) is 14.0. The lowest BCUT2D eigenvalue weighted by Gasteiger charge is -2.11. The van der Waals surface area contributed by atoms with Crippen molar-refractivity contribution in [3.8, 4) is 11.6 Å². The van der Waals surface area contributed by atoms with E-state index in [1.807, 2.05) is 6.92 Å². The molecular formula is C14H14ClFN2O. The molecule has 0 aliphatic heterocycles. The fraction of sp³-hybridized carbons (Fsp3) is 0.286. The number of nitrogens with zero attached hydrogens (tertiary/aromatic N) is 2. The van der Waals surface area contributed by atoms with E-state index >= 15 is 0 Å². The van der Waals surface area contributed by atoms with Crippen LogP contribution in [0.3, 0.4) is 0 Å². The van der Waals surface area contributed by atoms with E-state index in [4.69, 9.17) is 16.3 Å². The summed E-state index contributed by atoms with van der Waals surface area (Å²) in [5.74, 6) is 1.29. The molecule has 0 fully saturated rings. The fourth-order valence-corrected chi connectivity index (χ4v) is 1.78. The van der Waals surface area contributed by atoms with Gasteiger partial charge in [-0.1, -0.05) is 18.5 Å². The molecule has 0 saturated heterocycles. The molecule has 0 saturated carbocycles. The minimum Gasteiger partial charge on any atom is -0.438 e. The Morgan fingerprint density at radius 1 is 1.26 bits per heavy atom. The van der Waals surface area contributed by atoms with Gasteiger partial charge < -0.3 is 4.74 Å². The van der Waals surface area contributed by atoms with E-state index in [9.17, 15) is 4.39 Å². The molecule has 3 nitrogen and oxygen atoms in total. The summed E-state index contributed by atoms with van der Waals surface area (Å²) in [5.41, 5.74) is 1.37. The maximum atomic E-state index is 13.0. The summed E-state index contributed by atoms with van der Waals surface area (Å²) < 4.78 is 18.8. The Bertz CT molecular complexity index is 617. The smallest absolute Gasteiger partial charge is 0.227 e. The van der Waals surface area contributed by atoms with Crippen LogP contribution in [-0.2, 0) is 6.42 Å². The number of rotatable bonds is 3. The molecule has 0 spiro atoms. The third kappa shape index (κ3) is 3.01. The number of benzene rings is 1. The molecular weight excluding hydrogens is 267 g/mol. The van der Waals surface area contributed by atoms with Gasteiger partial charge in [0.25, 0.3) is 0 Å². The Morgan fingerprint density at radius 2 is 2.00 bits per heavy atom. The number of hydrogen-bond donors (Lipinski definition) is 0. The van der Waals surface area contributed by atoms with E-state index in [0.29, 0.717) is 40.2 Å². The van der Waals surface area contributed by atoms with Crippen LogP contribution in [0.1, 0.15) is 23.9 Å². The standard InChI is InChI=1S/C14H14ClFN2O/c1-4-12-17-13(15)9(3)14(18-12)19-11-6-5-10(16)7-8(11)2/h5-7H,4H2,1-3H3. The minimum absolute atomic E-state index is 0.295. The van der Waals surface area contributed by atoms with Crippen LogP contribution in [0.4, 0.5) is 4.39 Å². The fourth-order valence-electron chi connectivity index (χ4n) is 1.60. The number of ether oxygens (including phenoxy) is 1. The molecule has 2 aromatic rings. The number of halogens is 2. The lowest BCUT2D eigenvalue weighted by Crippen LogP contribution is -2.00. The van der Waals surface area contributed by atoms with Crippen LogP contribution >= 0.6 is 11.6 Å². The van der Waals surface area contributed by atoms with E-state index in [1.54, 1.807) is 19.9 Å². The molecule has 0 amide bonds. The maximum Gasteiger partial charge on any atom is 0.227 e. The predicted octanol–water partition coefficient (Wildman–Crippen LogP) is 4.24. The molecule has 0 unspecified atom stereocenters. The van der Waals surface area contributed by atoms with Gasteiger partial charge in [-0.15, -0.1) is 0 Å². The normalized spacial score (nSPS) is 10.6. The first-order valence-corrected chi connectivity index (χ1v) is 6.36. The Kier molecular flexibility index (Phi) is 4.00. The van der Waals surface area contributed by atoms with Gasteiger partial charge in [-0.05, 0) is 37.6 Å². The van der Waals surface area contributed by atoms with Crippen LogP contribution < -0.4 is 4.74 Å². The van der Waals surface area contributed by atoms with Gasteiger partial charge in [0, 0.05) is 12.0 Å². The quantitative estimate of drug-likeness (QED) is 0.789. The molecule has 5 heteroatoms. The van der Waals surface area contributed by atoms with Gasteiger partial charge in [0.2, 0.25) is 5.88 Å². The second-order valence-corrected chi connectivity index (χ2v) is 4.58. The van der Waals surface area contributed by atoms with Gasteiger partial charge in [0.05, 0.1) is 0 Å². The molecule has 0 radical (unpaired) electrons. The topological polar surface area (TPSA) is 35.0 Å². The van der Waals surface area contributed by atoms with Gasteiger partial charge in [-0.2, -0.15) is 4.98 Å². The largest absolute Gasteiger partial charge is 0.438 e. The first-order chi connectivity index (χ1) is 9.01. The van der Waals surface area contributed by atoms with Crippen molar-refractivity contribution in [2.75, 3.05) is 0 Å². The van der Waals surface area contributed by atoms with Gasteiger partial charge in [-0.25, -0.2) is 9.37 Å². The Balaban J connectivity index is 2.40. The van der Waals surface area contributed by atoms with Crippen LogP contribution in [0.25, 0.3) is 0 Å². The molecule has 19 heavy (non-hydrogen) atoms. The number of hydrogen-bond acceptors (Lipinski definition) is 3. The Hall–Kier alpha value is -1.68. The second-order valence-electron chi connectivity index (χ2n) is 4.23. The summed E-state index contributed by atoms with van der Waals surface area (Å²) in [7, 11) is 0. The first kappa shape index (κ1) is 13.7. The van der Waals surface area contributed by atoms with Crippen molar-refractivity contribution in [2.24, 2.45) is 0 Å². The zero-order valence-electron chi connectivity index (χ0n) is 11.0. The Labute approximate surface area is 116 Å². The average molecular weight is 281 g/mol. The van der Waals surface area contributed by atoms with Crippen LogP contribution in [0.5, 0.6) is 11.6 Å². The van der Waals surface area contributed by atoms with Crippen molar-refractivity contribution < 1.29 is 9.13 Å². The summed E-state index contributed by atoms with van der Waals surface area (Å²) in [6.07, 6.45) is 0.665. The molecule has 0 atom stereocenters. The summed E-state index contributed by atoms with van der Waals surface area (Å²) >= 11 is 6.04. The predicted molar refractivity (Wildman–Crippen MR) is 72.4 cm³/mol. The highest BCUT2D eigenvalue weighted by atomic mass is 35.5. The van der Waals surface area contributed by atoms with Crippen molar-refractivity contribution in [1.82, 2.24) is 9.97 Å². The summed E-state index contributed by atoms with van der Waals surface area (Å²) in [4.78, 5) is 8.44. The molecule has 2 rings (SSSR count). The minimum atomic E-state index is -0.295. The van der Waals surface area contributed by atoms with Crippen LogP contribution in [0, 0.1) is 19.7 Å². The van der Waals surface area contributed by atoms with Crippen LogP contribution in [-0.4, -0.2) is 9.97 Å². The van der Waals surface area contributed by atoms with E-state index in [0.717, 1.165) is 0 Å². The highest BCUT2D eigenvalue weighted by molar-refractivity contribution is 6.30. The molecule has 0 aliphatic carbocycles. The summed E-state index contributed by atoms with van der Waals surface area (Å²) in [5, 5.41) is 0.376. The van der Waals surface area contributed by atoms with Gasteiger partial charge in [-0.3, -0.25) is 0 Å². The van der Waals surface area contributed by atoms with E-state index in [-0.39, 0.29) is 5.82 Å². The monoisotopic (exact) mass is 280 g/mol. The second kappa shape index (κ2) is 5.53. The highest BCUT2D eigenvalue weighted by Gasteiger charge is 2.12. The van der Waals surface area contributed by atoms with E-state index in [1.165, 1.54) is 12.1 Å². The van der Waals surface area contributed by atoms with Gasteiger partial charge in [0.1, 0.15) is 22.5 Å². The molecule has 0 N–H and O–H groups in total. The van der Waals surface area contributed by atoms with Crippen LogP contribution in [0.15, 0.2) is 18.2 Å². The third-order valence-corrected chi connectivity index (χ3v) is 3.12. The molecule has 1 aromatic carbocycles. The van der Waals surface area contributed by atoms with Crippen molar-refractivity contribution >= 4 is 11.6 Å². The molecule has 0 aliphatic rings. The van der Waals surface area contributed by atoms with Crippen LogP contribution in [0.2, 0.25) is 5.15 Å². The maximum absolute atomic E-state index is 13.0. The van der Waals surface area contributed by atoms with Gasteiger partial charge >= 0.3 is 0 Å². The third-order valence-electron chi connectivity index (χ3n) is 2.75. The highest BCUT2D eigenvalue weighted by Crippen LogP contribution is 2.29. The zero-order valence-corrected chi connectivity index (χ0v) is 11.8. The molecule has 0 bridgehead atoms. The Morgan fingerprint density at radius 3 is 2.63 bits per heavy atom. The van der Waals surface area contributed by atoms with E-state index in [2.05, 4.69) is 9.97 Å². The molecule has 1 aromatic heterocycles. The number of aromatic nitrogens is 2. The van der Waals surface area contributed by atoms with Gasteiger partial charge in [0.15, 0.2) is 0 Å².